The van der Waals surface area contributed by atoms with Gasteiger partial charge in [-0.1, -0.05) is 48.5 Å². The van der Waals surface area contributed by atoms with Gasteiger partial charge < -0.3 is 5.11 Å². The van der Waals surface area contributed by atoms with E-state index in [1.807, 2.05) is 24.3 Å². The van der Waals surface area contributed by atoms with Gasteiger partial charge in [0.05, 0.1) is 11.5 Å². The molecule has 1 N–H and O–H groups in total. The van der Waals surface area contributed by atoms with Crippen molar-refractivity contribution in [3.05, 3.63) is 71.8 Å². The highest BCUT2D eigenvalue weighted by atomic mass is 19.4. The predicted octanol–water partition coefficient (Wildman–Crippen LogP) is 5.71. The van der Waals surface area contributed by atoms with Gasteiger partial charge in [0.2, 0.25) is 0 Å². The molecular weight excluding hydrogens is 329 g/mol. The summed E-state index contributed by atoms with van der Waals surface area (Å²) in [6.07, 6.45) is -4.57. The van der Waals surface area contributed by atoms with Crippen LogP contribution in [0.5, 0.6) is 0 Å². The lowest BCUT2D eigenvalue weighted by Gasteiger charge is -2.17. The van der Waals surface area contributed by atoms with Crippen molar-refractivity contribution in [2.45, 2.75) is 19.0 Å². The number of fused-ring (bicyclic) bond motifs is 1. The number of hydrogen-bond donors (Lipinski definition) is 1. The van der Waals surface area contributed by atoms with E-state index in [2.05, 4.69) is 0 Å². The molecule has 0 aliphatic carbocycles. The highest BCUT2D eigenvalue weighted by molar-refractivity contribution is 5.88. The van der Waals surface area contributed by atoms with E-state index >= 15 is 0 Å². The average molecular weight is 344 g/mol. The van der Waals surface area contributed by atoms with Gasteiger partial charge in [-0.05, 0) is 46.5 Å². The number of carboxylic acids is 1. The Hall–Kier alpha value is -2.82. The van der Waals surface area contributed by atoms with E-state index in [1.54, 1.807) is 18.2 Å². The maximum absolute atomic E-state index is 13.5. The van der Waals surface area contributed by atoms with Crippen LogP contribution in [0, 0.1) is 0 Å². The van der Waals surface area contributed by atoms with Crippen LogP contribution in [0.25, 0.3) is 21.9 Å². The summed E-state index contributed by atoms with van der Waals surface area (Å²) < 4.78 is 40.6. The van der Waals surface area contributed by atoms with Crippen molar-refractivity contribution in [1.82, 2.24) is 0 Å². The van der Waals surface area contributed by atoms with Gasteiger partial charge in [-0.15, -0.1) is 0 Å². The molecule has 0 aliphatic rings. The fraction of sp³-hybridized carbons (Fsp3) is 0.150. The van der Waals surface area contributed by atoms with Crippen molar-refractivity contribution in [3.8, 4) is 11.1 Å². The zero-order chi connectivity index (χ0) is 18.2. The summed E-state index contributed by atoms with van der Waals surface area (Å²) in [4.78, 5) is 11.1. The molecule has 3 aromatic rings. The van der Waals surface area contributed by atoms with Crippen molar-refractivity contribution in [3.63, 3.8) is 0 Å². The third-order valence-corrected chi connectivity index (χ3v) is 4.28. The number of aliphatic carboxylic acids is 1. The molecule has 128 valence electrons. The molecule has 3 aromatic carbocycles. The molecule has 0 heterocycles. The van der Waals surface area contributed by atoms with E-state index in [9.17, 15) is 18.0 Å². The van der Waals surface area contributed by atoms with Gasteiger partial charge in [-0.25, -0.2) is 0 Å². The third-order valence-electron chi connectivity index (χ3n) is 4.28. The van der Waals surface area contributed by atoms with Crippen molar-refractivity contribution < 1.29 is 23.1 Å². The smallest absolute Gasteiger partial charge is 0.417 e. The van der Waals surface area contributed by atoms with Crippen LogP contribution < -0.4 is 0 Å². The highest BCUT2D eigenvalue weighted by Crippen LogP contribution is 2.39. The quantitative estimate of drug-likeness (QED) is 0.660. The number of carboxylic acid groups (broad SMARTS) is 1. The second kappa shape index (κ2) is 6.24. The molecule has 0 aliphatic heterocycles. The maximum Gasteiger partial charge on any atom is 0.417 e. The molecule has 0 aromatic heterocycles. The largest absolute Gasteiger partial charge is 0.481 e. The van der Waals surface area contributed by atoms with Crippen LogP contribution in [0.15, 0.2) is 60.7 Å². The van der Waals surface area contributed by atoms with E-state index in [0.29, 0.717) is 5.56 Å². The van der Waals surface area contributed by atoms with Crippen LogP contribution in [0.1, 0.15) is 24.0 Å². The third kappa shape index (κ3) is 3.36. The van der Waals surface area contributed by atoms with E-state index < -0.39 is 23.6 Å². The number of alkyl halides is 3. The Kier molecular flexibility index (Phi) is 4.25. The van der Waals surface area contributed by atoms with Gasteiger partial charge in [-0.2, -0.15) is 13.2 Å². The van der Waals surface area contributed by atoms with Crippen molar-refractivity contribution in [2.75, 3.05) is 0 Å². The second-order valence-electron chi connectivity index (χ2n) is 5.92. The van der Waals surface area contributed by atoms with E-state index in [4.69, 9.17) is 5.11 Å². The van der Waals surface area contributed by atoms with Crippen LogP contribution in [0.4, 0.5) is 13.2 Å². The number of rotatable bonds is 3. The van der Waals surface area contributed by atoms with Gasteiger partial charge in [-0.3, -0.25) is 4.79 Å². The molecule has 1 atom stereocenters. The summed E-state index contributed by atoms with van der Waals surface area (Å²) in [5.74, 6) is -2.17. The number of benzene rings is 3. The van der Waals surface area contributed by atoms with Gasteiger partial charge in [0.1, 0.15) is 0 Å². The van der Waals surface area contributed by atoms with Gasteiger partial charge in [0.15, 0.2) is 0 Å². The van der Waals surface area contributed by atoms with Crippen LogP contribution in [0.2, 0.25) is 0 Å². The molecule has 3 rings (SSSR count). The minimum absolute atomic E-state index is 0.0413. The minimum Gasteiger partial charge on any atom is -0.481 e. The zero-order valence-corrected chi connectivity index (χ0v) is 13.3. The first-order valence-electron chi connectivity index (χ1n) is 7.70. The zero-order valence-electron chi connectivity index (χ0n) is 13.3. The van der Waals surface area contributed by atoms with Crippen molar-refractivity contribution >= 4 is 16.7 Å². The summed E-state index contributed by atoms with van der Waals surface area (Å²) in [6.45, 7) is 1.37. The lowest BCUT2D eigenvalue weighted by Crippen LogP contribution is -2.12. The van der Waals surface area contributed by atoms with Gasteiger partial charge in [0.25, 0.3) is 0 Å². The first-order valence-corrected chi connectivity index (χ1v) is 7.70. The van der Waals surface area contributed by atoms with Crippen LogP contribution in [-0.4, -0.2) is 11.1 Å². The fourth-order valence-corrected chi connectivity index (χ4v) is 2.82. The highest BCUT2D eigenvalue weighted by Gasteiger charge is 2.34. The normalized spacial score (nSPS) is 13.0. The Balaban J connectivity index is 2.18. The summed E-state index contributed by atoms with van der Waals surface area (Å²) in [7, 11) is 0. The Labute approximate surface area is 142 Å². The van der Waals surface area contributed by atoms with Gasteiger partial charge in [0, 0.05) is 0 Å². The number of halogens is 3. The molecule has 25 heavy (non-hydrogen) atoms. The van der Waals surface area contributed by atoms with Gasteiger partial charge >= 0.3 is 12.1 Å². The molecule has 2 nitrogen and oxygen atoms in total. The molecule has 5 heteroatoms. The van der Waals surface area contributed by atoms with Crippen LogP contribution in [-0.2, 0) is 11.0 Å². The predicted molar refractivity (Wildman–Crippen MR) is 90.4 cm³/mol. The number of carbonyl (C=O) groups is 1. The summed E-state index contributed by atoms with van der Waals surface area (Å²) in [6, 6.07) is 16.3. The summed E-state index contributed by atoms with van der Waals surface area (Å²) >= 11 is 0. The molecule has 0 saturated heterocycles. The lowest BCUT2D eigenvalue weighted by atomic mass is 9.92. The van der Waals surface area contributed by atoms with Crippen molar-refractivity contribution in [1.29, 1.82) is 0 Å². The number of hydrogen-bond acceptors (Lipinski definition) is 1. The molecule has 0 radical (unpaired) electrons. The Morgan fingerprint density at radius 3 is 2.28 bits per heavy atom. The summed E-state index contributed by atoms with van der Waals surface area (Å²) in [5, 5.41) is 10.8. The van der Waals surface area contributed by atoms with E-state index in [0.717, 1.165) is 16.8 Å². The monoisotopic (exact) mass is 344 g/mol. The van der Waals surface area contributed by atoms with Crippen LogP contribution >= 0.6 is 0 Å². The Morgan fingerprint density at radius 2 is 1.64 bits per heavy atom. The fourth-order valence-electron chi connectivity index (χ4n) is 2.82. The SMILES string of the molecule is CC(C(=O)O)c1ccc(-c2ccc3ccccc3c2)c(C(F)(F)F)c1. The van der Waals surface area contributed by atoms with Crippen LogP contribution in [0.3, 0.4) is 0 Å². The first-order chi connectivity index (χ1) is 11.8. The van der Waals surface area contributed by atoms with E-state index in [1.165, 1.54) is 19.1 Å². The molecule has 0 amide bonds. The first kappa shape index (κ1) is 17.0. The maximum atomic E-state index is 13.5. The summed E-state index contributed by atoms with van der Waals surface area (Å²) in [5.41, 5.74) is -0.210. The van der Waals surface area contributed by atoms with Crippen molar-refractivity contribution in [2.24, 2.45) is 0 Å². The standard InChI is InChI=1S/C20H15F3O2/c1-12(19(24)25)14-8-9-17(18(11-14)20(21,22)23)16-7-6-13-4-2-3-5-15(13)10-16/h2-12H,1H3,(H,24,25). The molecule has 0 bridgehead atoms. The molecule has 1 unspecified atom stereocenters. The topological polar surface area (TPSA) is 37.3 Å². The Morgan fingerprint density at radius 1 is 0.960 bits per heavy atom. The molecular formula is C20H15F3O2. The molecule has 0 fully saturated rings. The minimum atomic E-state index is -4.57. The lowest BCUT2D eigenvalue weighted by molar-refractivity contribution is -0.139. The van der Waals surface area contributed by atoms with E-state index in [-0.39, 0.29) is 11.1 Å². The average Bonchev–Trinajstić information content (AvgIpc) is 2.59. The second-order valence-corrected chi connectivity index (χ2v) is 5.92. The Bertz CT molecular complexity index is 945. The molecule has 0 spiro atoms. The molecule has 0 saturated carbocycles.